The van der Waals surface area contributed by atoms with E-state index in [1.54, 1.807) is 4.90 Å². The van der Waals surface area contributed by atoms with Crippen LogP contribution in [0.2, 0.25) is 0 Å². The maximum absolute atomic E-state index is 12.1. The average Bonchev–Trinajstić information content (AvgIpc) is 3.03. The van der Waals surface area contributed by atoms with Crippen molar-refractivity contribution in [2.45, 2.75) is 38.6 Å². The number of aromatic nitrogens is 3. The molecule has 0 radical (unpaired) electrons. The molecule has 1 aliphatic carbocycles. The molecule has 1 heterocycles. The van der Waals surface area contributed by atoms with Gasteiger partial charge in [-0.1, -0.05) is 0 Å². The summed E-state index contributed by atoms with van der Waals surface area (Å²) in [5, 5.41) is 15.7. The molecule has 0 aromatic carbocycles. The fourth-order valence-corrected chi connectivity index (χ4v) is 1.74. The maximum Gasteiger partial charge on any atom is 0.293 e. The van der Waals surface area contributed by atoms with Gasteiger partial charge in [-0.05, 0) is 26.7 Å². The number of carbonyl (C=O) groups is 1. The van der Waals surface area contributed by atoms with Crippen LogP contribution in [0.1, 0.15) is 49.1 Å². The summed E-state index contributed by atoms with van der Waals surface area (Å²) in [6.45, 7) is 4.07. The Labute approximate surface area is 100 Å². The molecular weight excluding hydrogens is 220 g/mol. The Kier molecular flexibility index (Phi) is 3.42. The van der Waals surface area contributed by atoms with Crippen LogP contribution >= 0.6 is 0 Å². The molecule has 6 nitrogen and oxygen atoms in total. The third-order valence-electron chi connectivity index (χ3n) is 2.88. The molecule has 0 bridgehead atoms. The fourth-order valence-electron chi connectivity index (χ4n) is 1.74. The summed E-state index contributed by atoms with van der Waals surface area (Å²) >= 11 is 0. The molecule has 17 heavy (non-hydrogen) atoms. The van der Waals surface area contributed by atoms with E-state index >= 15 is 0 Å². The number of hydrogen-bond acceptors (Lipinski definition) is 4. The van der Waals surface area contributed by atoms with Gasteiger partial charge in [-0.3, -0.25) is 9.89 Å². The molecule has 1 aromatic heterocycles. The van der Waals surface area contributed by atoms with Gasteiger partial charge in [-0.15, -0.1) is 5.10 Å². The molecule has 1 saturated carbocycles. The summed E-state index contributed by atoms with van der Waals surface area (Å²) in [4.78, 5) is 17.9. The number of nitrogens with one attached hydrogen (secondary N) is 1. The van der Waals surface area contributed by atoms with Gasteiger partial charge in [0.05, 0.1) is 6.61 Å². The van der Waals surface area contributed by atoms with Crippen LogP contribution in [0, 0.1) is 0 Å². The van der Waals surface area contributed by atoms with Crippen molar-refractivity contribution in [3.05, 3.63) is 11.6 Å². The monoisotopic (exact) mass is 238 g/mol. The highest BCUT2D eigenvalue weighted by Crippen LogP contribution is 2.37. The number of aromatic amines is 1. The van der Waals surface area contributed by atoms with Gasteiger partial charge in [-0.2, -0.15) is 0 Å². The third-order valence-corrected chi connectivity index (χ3v) is 2.88. The van der Waals surface area contributed by atoms with E-state index in [0.717, 1.165) is 18.7 Å². The first kappa shape index (κ1) is 12.0. The Hall–Kier alpha value is -1.43. The molecule has 1 aromatic rings. The standard InChI is InChI=1S/C11H18N4O2/c1-7(2)15(5-6-16)11(17)10-12-9(13-14-10)8-3-4-8/h7-8,16H,3-6H2,1-2H3,(H,12,13,14). The number of aliphatic hydroxyl groups is 1. The van der Waals surface area contributed by atoms with Gasteiger partial charge < -0.3 is 10.0 Å². The SMILES string of the molecule is CC(C)N(CCO)C(=O)c1n[nH]c(C2CC2)n1. The van der Waals surface area contributed by atoms with Gasteiger partial charge in [-0.25, -0.2) is 4.98 Å². The van der Waals surface area contributed by atoms with Crippen LogP contribution in [0.4, 0.5) is 0 Å². The summed E-state index contributed by atoms with van der Waals surface area (Å²) in [5.41, 5.74) is 0. The van der Waals surface area contributed by atoms with Crippen LogP contribution < -0.4 is 0 Å². The van der Waals surface area contributed by atoms with Gasteiger partial charge in [0.2, 0.25) is 5.82 Å². The Morgan fingerprint density at radius 2 is 2.29 bits per heavy atom. The van der Waals surface area contributed by atoms with E-state index in [0.29, 0.717) is 12.5 Å². The molecule has 94 valence electrons. The van der Waals surface area contributed by atoms with Crippen LogP contribution in [0.15, 0.2) is 0 Å². The summed E-state index contributed by atoms with van der Waals surface area (Å²) in [7, 11) is 0. The highest BCUT2D eigenvalue weighted by molar-refractivity contribution is 5.90. The van der Waals surface area contributed by atoms with Gasteiger partial charge in [0.1, 0.15) is 5.82 Å². The van der Waals surface area contributed by atoms with Crippen LogP contribution in [0.3, 0.4) is 0 Å². The molecule has 6 heteroatoms. The van der Waals surface area contributed by atoms with E-state index in [-0.39, 0.29) is 24.4 Å². The number of carbonyl (C=O) groups excluding carboxylic acids is 1. The van der Waals surface area contributed by atoms with E-state index < -0.39 is 0 Å². The maximum atomic E-state index is 12.1. The highest BCUT2D eigenvalue weighted by Gasteiger charge is 2.29. The van der Waals surface area contributed by atoms with Crippen molar-refractivity contribution in [1.29, 1.82) is 0 Å². The zero-order valence-electron chi connectivity index (χ0n) is 10.2. The lowest BCUT2D eigenvalue weighted by atomic mass is 10.3. The molecule has 1 aliphatic rings. The molecule has 0 spiro atoms. The van der Waals surface area contributed by atoms with Crippen LogP contribution in [0.5, 0.6) is 0 Å². The van der Waals surface area contributed by atoms with Crippen molar-refractivity contribution in [3.63, 3.8) is 0 Å². The Morgan fingerprint density at radius 1 is 1.59 bits per heavy atom. The number of rotatable bonds is 5. The van der Waals surface area contributed by atoms with Crippen molar-refractivity contribution in [2.24, 2.45) is 0 Å². The minimum absolute atomic E-state index is 0.0255. The zero-order chi connectivity index (χ0) is 12.4. The minimum Gasteiger partial charge on any atom is -0.395 e. The van der Waals surface area contributed by atoms with Crippen molar-refractivity contribution < 1.29 is 9.90 Å². The summed E-state index contributed by atoms with van der Waals surface area (Å²) < 4.78 is 0. The van der Waals surface area contributed by atoms with Gasteiger partial charge in [0.15, 0.2) is 0 Å². The highest BCUT2D eigenvalue weighted by atomic mass is 16.3. The lowest BCUT2D eigenvalue weighted by molar-refractivity contribution is 0.0653. The van der Waals surface area contributed by atoms with E-state index in [1.807, 2.05) is 13.8 Å². The summed E-state index contributed by atoms with van der Waals surface area (Å²) in [6, 6.07) is 0.0255. The second-order valence-electron chi connectivity index (χ2n) is 4.63. The number of nitrogens with zero attached hydrogens (tertiary/aromatic N) is 3. The Balaban J connectivity index is 2.10. The zero-order valence-corrected chi connectivity index (χ0v) is 10.2. The molecule has 0 atom stereocenters. The molecule has 0 unspecified atom stereocenters. The normalized spacial score (nSPS) is 15.3. The van der Waals surface area contributed by atoms with E-state index in [2.05, 4.69) is 15.2 Å². The van der Waals surface area contributed by atoms with E-state index in [9.17, 15) is 4.79 Å². The first-order valence-electron chi connectivity index (χ1n) is 5.97. The number of amides is 1. The quantitative estimate of drug-likeness (QED) is 0.783. The molecule has 2 rings (SSSR count). The first-order valence-corrected chi connectivity index (χ1v) is 5.97. The predicted octanol–water partition coefficient (Wildman–Crippen LogP) is 0.525. The second kappa shape index (κ2) is 4.83. The average molecular weight is 238 g/mol. The molecule has 2 N–H and O–H groups in total. The number of hydrogen-bond donors (Lipinski definition) is 2. The van der Waals surface area contributed by atoms with Crippen molar-refractivity contribution in [1.82, 2.24) is 20.1 Å². The van der Waals surface area contributed by atoms with Gasteiger partial charge in [0.25, 0.3) is 5.91 Å². The molecule has 0 aliphatic heterocycles. The van der Waals surface area contributed by atoms with Crippen LogP contribution in [-0.4, -0.2) is 50.3 Å². The molecule has 1 amide bonds. The lowest BCUT2D eigenvalue weighted by Gasteiger charge is -2.24. The Bertz CT molecular complexity index is 398. The second-order valence-corrected chi connectivity index (χ2v) is 4.63. The summed E-state index contributed by atoms with van der Waals surface area (Å²) in [6.07, 6.45) is 2.24. The minimum atomic E-state index is -0.225. The topological polar surface area (TPSA) is 82.1 Å². The first-order chi connectivity index (χ1) is 8.13. The fraction of sp³-hybridized carbons (Fsp3) is 0.727. The van der Waals surface area contributed by atoms with Crippen LogP contribution in [0.25, 0.3) is 0 Å². The van der Waals surface area contributed by atoms with E-state index in [4.69, 9.17) is 5.11 Å². The third kappa shape index (κ3) is 2.63. The predicted molar refractivity (Wildman–Crippen MR) is 61.6 cm³/mol. The molecule has 1 fully saturated rings. The largest absolute Gasteiger partial charge is 0.395 e. The van der Waals surface area contributed by atoms with Gasteiger partial charge in [0, 0.05) is 18.5 Å². The van der Waals surface area contributed by atoms with Crippen molar-refractivity contribution in [3.8, 4) is 0 Å². The lowest BCUT2D eigenvalue weighted by Crippen LogP contribution is -2.39. The van der Waals surface area contributed by atoms with Crippen molar-refractivity contribution >= 4 is 5.91 Å². The molecule has 0 saturated heterocycles. The Morgan fingerprint density at radius 3 is 2.82 bits per heavy atom. The smallest absolute Gasteiger partial charge is 0.293 e. The number of H-pyrrole nitrogens is 1. The summed E-state index contributed by atoms with van der Waals surface area (Å²) in [5.74, 6) is 1.24. The van der Waals surface area contributed by atoms with Crippen molar-refractivity contribution in [2.75, 3.05) is 13.2 Å². The van der Waals surface area contributed by atoms with Gasteiger partial charge >= 0.3 is 0 Å². The molecular formula is C11H18N4O2. The van der Waals surface area contributed by atoms with E-state index in [1.165, 1.54) is 0 Å². The van der Waals surface area contributed by atoms with Crippen LogP contribution in [-0.2, 0) is 0 Å². The number of aliphatic hydroxyl groups excluding tert-OH is 1.